The molecule has 0 amide bonds. The minimum atomic E-state index is -0.610. The largest absolute Gasteiger partial charge is 0.385 e. The maximum Gasteiger partial charge on any atom is 0.0921 e. The van der Waals surface area contributed by atoms with Gasteiger partial charge in [0.05, 0.1) is 5.60 Å². The molecule has 1 fully saturated rings. The zero-order valence-corrected chi connectivity index (χ0v) is 11.0. The molecule has 1 aliphatic rings. The molecule has 1 nitrogen and oxygen atoms in total. The zero-order valence-electron chi connectivity index (χ0n) is 11.0. The van der Waals surface area contributed by atoms with Gasteiger partial charge in [0, 0.05) is 0 Å². The van der Waals surface area contributed by atoms with Crippen LogP contribution in [-0.2, 0) is 5.60 Å². The maximum atomic E-state index is 11.0. The van der Waals surface area contributed by atoms with Crippen LogP contribution in [0.1, 0.15) is 51.5 Å². The summed E-state index contributed by atoms with van der Waals surface area (Å²) in [6.45, 7) is 4.43. The van der Waals surface area contributed by atoms with Crippen molar-refractivity contribution in [2.45, 2.75) is 51.6 Å². The van der Waals surface area contributed by atoms with Crippen molar-refractivity contribution in [3.63, 3.8) is 0 Å². The molecule has 0 saturated heterocycles. The summed E-state index contributed by atoms with van der Waals surface area (Å²) in [4.78, 5) is 0. The summed E-state index contributed by atoms with van der Waals surface area (Å²) in [5.74, 6) is 1.27. The standard InChI is InChI=1S/C16H24O/c1-3-16(17,14-7-5-4-6-8-14)15-11-9-13(2)10-12-15/h4-8,13,15,17H,3,9-12H2,1-2H3. The molecule has 1 atom stereocenters. The van der Waals surface area contributed by atoms with Crippen LogP contribution in [0.25, 0.3) is 0 Å². The summed E-state index contributed by atoms with van der Waals surface area (Å²) in [5.41, 5.74) is 0.489. The lowest BCUT2D eigenvalue weighted by molar-refractivity contribution is -0.0465. The Morgan fingerprint density at radius 2 is 1.71 bits per heavy atom. The maximum absolute atomic E-state index is 11.0. The molecule has 1 aliphatic carbocycles. The van der Waals surface area contributed by atoms with Gasteiger partial charge in [0.2, 0.25) is 0 Å². The average molecular weight is 232 g/mol. The summed E-state index contributed by atoms with van der Waals surface area (Å²) in [6.07, 6.45) is 5.68. The Morgan fingerprint density at radius 1 is 1.12 bits per heavy atom. The summed E-state index contributed by atoms with van der Waals surface area (Å²) in [7, 11) is 0. The number of hydrogen-bond donors (Lipinski definition) is 1. The predicted octanol–water partition coefficient (Wildman–Crippen LogP) is 4.11. The van der Waals surface area contributed by atoms with Crippen LogP contribution in [0.15, 0.2) is 30.3 Å². The smallest absolute Gasteiger partial charge is 0.0921 e. The molecule has 1 heteroatoms. The normalized spacial score (nSPS) is 28.6. The number of benzene rings is 1. The van der Waals surface area contributed by atoms with Crippen LogP contribution in [0.2, 0.25) is 0 Å². The van der Waals surface area contributed by atoms with Crippen molar-refractivity contribution in [2.75, 3.05) is 0 Å². The van der Waals surface area contributed by atoms with E-state index in [1.165, 1.54) is 25.7 Å². The van der Waals surface area contributed by atoms with Crippen molar-refractivity contribution < 1.29 is 5.11 Å². The van der Waals surface area contributed by atoms with Crippen molar-refractivity contribution in [2.24, 2.45) is 11.8 Å². The predicted molar refractivity (Wildman–Crippen MR) is 71.8 cm³/mol. The molecular formula is C16H24O. The van der Waals surface area contributed by atoms with E-state index in [0.29, 0.717) is 5.92 Å². The van der Waals surface area contributed by atoms with Crippen LogP contribution in [-0.4, -0.2) is 5.11 Å². The molecule has 0 heterocycles. The van der Waals surface area contributed by atoms with Gasteiger partial charge in [-0.15, -0.1) is 0 Å². The fourth-order valence-electron chi connectivity index (χ4n) is 3.19. The molecule has 0 spiro atoms. The van der Waals surface area contributed by atoms with E-state index in [2.05, 4.69) is 26.0 Å². The van der Waals surface area contributed by atoms with Crippen LogP contribution < -0.4 is 0 Å². The van der Waals surface area contributed by atoms with Gasteiger partial charge in [-0.2, -0.15) is 0 Å². The van der Waals surface area contributed by atoms with Crippen LogP contribution in [0.3, 0.4) is 0 Å². The molecule has 1 saturated carbocycles. The van der Waals surface area contributed by atoms with Crippen LogP contribution in [0.5, 0.6) is 0 Å². The first-order valence-corrected chi connectivity index (χ1v) is 6.94. The quantitative estimate of drug-likeness (QED) is 0.831. The fraction of sp³-hybridized carbons (Fsp3) is 0.625. The minimum Gasteiger partial charge on any atom is -0.385 e. The van der Waals surface area contributed by atoms with Crippen molar-refractivity contribution >= 4 is 0 Å². The third-order valence-corrected chi connectivity index (χ3v) is 4.50. The van der Waals surface area contributed by atoms with Gasteiger partial charge in [-0.1, -0.05) is 57.0 Å². The Hall–Kier alpha value is -0.820. The summed E-state index contributed by atoms with van der Waals surface area (Å²) >= 11 is 0. The van der Waals surface area contributed by atoms with Crippen LogP contribution in [0, 0.1) is 11.8 Å². The number of aliphatic hydroxyl groups is 1. The van der Waals surface area contributed by atoms with Crippen LogP contribution in [0.4, 0.5) is 0 Å². The minimum absolute atomic E-state index is 0.436. The molecule has 1 aromatic rings. The van der Waals surface area contributed by atoms with Crippen molar-refractivity contribution in [1.29, 1.82) is 0 Å². The Bertz CT molecular complexity index is 338. The highest BCUT2D eigenvalue weighted by molar-refractivity contribution is 5.23. The first-order chi connectivity index (χ1) is 8.16. The van der Waals surface area contributed by atoms with E-state index in [4.69, 9.17) is 0 Å². The van der Waals surface area contributed by atoms with Gasteiger partial charge in [-0.05, 0) is 36.7 Å². The van der Waals surface area contributed by atoms with Crippen molar-refractivity contribution in [1.82, 2.24) is 0 Å². The lowest BCUT2D eigenvalue weighted by Gasteiger charge is -2.39. The second kappa shape index (κ2) is 5.22. The van der Waals surface area contributed by atoms with E-state index in [1.807, 2.05) is 18.2 Å². The first-order valence-electron chi connectivity index (χ1n) is 6.94. The molecular weight excluding hydrogens is 208 g/mol. The summed E-state index contributed by atoms with van der Waals surface area (Å²) in [5, 5.41) is 11.0. The molecule has 0 radical (unpaired) electrons. The number of rotatable bonds is 3. The van der Waals surface area contributed by atoms with E-state index in [9.17, 15) is 5.11 Å². The van der Waals surface area contributed by atoms with Crippen molar-refractivity contribution in [3.05, 3.63) is 35.9 Å². The molecule has 1 unspecified atom stereocenters. The highest BCUT2D eigenvalue weighted by Gasteiger charge is 2.38. The lowest BCUT2D eigenvalue weighted by Crippen LogP contribution is -2.36. The molecule has 94 valence electrons. The molecule has 2 rings (SSSR count). The van der Waals surface area contributed by atoms with E-state index in [0.717, 1.165) is 17.9 Å². The Labute approximate surface area is 105 Å². The number of hydrogen-bond acceptors (Lipinski definition) is 1. The molecule has 0 bridgehead atoms. The topological polar surface area (TPSA) is 20.2 Å². The third kappa shape index (κ3) is 2.55. The van der Waals surface area contributed by atoms with E-state index >= 15 is 0 Å². The van der Waals surface area contributed by atoms with Gasteiger partial charge < -0.3 is 5.11 Å². The molecule has 0 aliphatic heterocycles. The Morgan fingerprint density at radius 3 is 2.24 bits per heavy atom. The van der Waals surface area contributed by atoms with Gasteiger partial charge in [0.25, 0.3) is 0 Å². The zero-order chi connectivity index (χ0) is 12.3. The monoisotopic (exact) mass is 232 g/mol. The Balaban J connectivity index is 2.19. The first kappa shape index (κ1) is 12.6. The SMILES string of the molecule is CCC(O)(c1ccccc1)C1CCC(C)CC1. The molecule has 17 heavy (non-hydrogen) atoms. The summed E-state index contributed by atoms with van der Waals surface area (Å²) in [6, 6.07) is 10.2. The molecule has 1 N–H and O–H groups in total. The van der Waals surface area contributed by atoms with Gasteiger partial charge in [-0.25, -0.2) is 0 Å². The van der Waals surface area contributed by atoms with Gasteiger partial charge in [-0.3, -0.25) is 0 Å². The van der Waals surface area contributed by atoms with E-state index < -0.39 is 5.60 Å². The average Bonchev–Trinajstić information content (AvgIpc) is 2.40. The Kier molecular flexibility index (Phi) is 3.88. The van der Waals surface area contributed by atoms with E-state index in [-0.39, 0.29) is 0 Å². The lowest BCUT2D eigenvalue weighted by atomic mass is 9.70. The van der Waals surface area contributed by atoms with Gasteiger partial charge in [0.1, 0.15) is 0 Å². The van der Waals surface area contributed by atoms with Gasteiger partial charge in [0.15, 0.2) is 0 Å². The highest BCUT2D eigenvalue weighted by atomic mass is 16.3. The third-order valence-electron chi connectivity index (χ3n) is 4.50. The molecule has 0 aromatic heterocycles. The second-order valence-corrected chi connectivity index (χ2v) is 5.60. The van der Waals surface area contributed by atoms with Gasteiger partial charge >= 0.3 is 0 Å². The fourth-order valence-corrected chi connectivity index (χ4v) is 3.19. The van der Waals surface area contributed by atoms with Crippen LogP contribution >= 0.6 is 0 Å². The summed E-state index contributed by atoms with van der Waals surface area (Å²) < 4.78 is 0. The van der Waals surface area contributed by atoms with Crippen molar-refractivity contribution in [3.8, 4) is 0 Å². The van der Waals surface area contributed by atoms with E-state index in [1.54, 1.807) is 0 Å². The second-order valence-electron chi connectivity index (χ2n) is 5.60. The molecule has 1 aromatic carbocycles. The highest BCUT2D eigenvalue weighted by Crippen LogP contribution is 2.42.